The molecule has 0 aliphatic heterocycles. The van der Waals surface area contributed by atoms with Crippen molar-refractivity contribution in [2.45, 2.75) is 0 Å². The van der Waals surface area contributed by atoms with Gasteiger partial charge in [-0.15, -0.1) is 68.0 Å². The first-order chi connectivity index (χ1) is 23.0. The molecule has 1 aliphatic carbocycles. The van der Waals surface area contributed by atoms with Gasteiger partial charge in [-0.2, -0.15) is 10.5 Å². The average Bonchev–Trinajstić information content (AvgIpc) is 3.94. The second-order valence-corrected chi connectivity index (χ2v) is 16.2. The molecule has 47 heavy (non-hydrogen) atoms. The molecular weight excluding hydrogens is 717 g/mol. The Balaban J connectivity index is 1.12. The minimum atomic E-state index is 0.558. The highest BCUT2D eigenvalue weighted by Gasteiger charge is 2.29. The van der Waals surface area contributed by atoms with E-state index >= 15 is 0 Å². The molecule has 6 aromatic heterocycles. The average molecular weight is 736 g/mol. The number of rotatable bonds is 8. The maximum absolute atomic E-state index is 9.61. The van der Waals surface area contributed by atoms with E-state index in [0.29, 0.717) is 22.6 Å². The van der Waals surface area contributed by atoms with Gasteiger partial charge in [-0.05, 0) is 79.6 Å². The molecule has 6 nitrogen and oxygen atoms in total. The van der Waals surface area contributed by atoms with Gasteiger partial charge in [0.15, 0.2) is 5.71 Å². The van der Waals surface area contributed by atoms with Gasteiger partial charge in [-0.3, -0.25) is 5.41 Å². The number of hydrogen-bond acceptors (Lipinski definition) is 12. The predicted octanol–water partition coefficient (Wildman–Crippen LogP) is 9.27. The Morgan fingerprint density at radius 2 is 1.11 bits per heavy atom. The number of allylic oxidation sites excluding steroid dienone is 6. The fraction of sp³-hybridized carbons (Fsp3) is 0. The summed E-state index contributed by atoms with van der Waals surface area (Å²) in [6.07, 6.45) is 11.3. The molecule has 0 aromatic carbocycles. The zero-order valence-corrected chi connectivity index (χ0v) is 29.7. The van der Waals surface area contributed by atoms with Crippen LogP contribution in [0, 0.1) is 22.7 Å². The Morgan fingerprint density at radius 1 is 0.660 bits per heavy atom. The molecule has 226 valence electrons. The van der Waals surface area contributed by atoms with Crippen LogP contribution in [0.3, 0.4) is 0 Å². The first-order valence-electron chi connectivity index (χ1n) is 13.8. The number of nitrogens with two attached hydrogens (primary N) is 1. The summed E-state index contributed by atoms with van der Waals surface area (Å²) in [7, 11) is 0. The first kappa shape index (κ1) is 31.3. The number of thiazole rings is 2. The van der Waals surface area contributed by atoms with E-state index in [0.717, 1.165) is 60.2 Å². The molecule has 7 rings (SSSR count). The summed E-state index contributed by atoms with van der Waals surface area (Å²) in [5.41, 5.74) is 4.16. The SMILES string of the molecule is N#C/C(=C\c1ccc(-c2ccc(C3=CC=C(c4ccc(-c5ccc(/C=C(\C#N)c6nccs6)s5)s4)C(=NS)C3=[NH2+])s2)s1)c1nccs1. The van der Waals surface area contributed by atoms with Crippen LogP contribution in [0.1, 0.15) is 29.5 Å². The van der Waals surface area contributed by atoms with E-state index in [-0.39, 0.29) is 0 Å². The summed E-state index contributed by atoms with van der Waals surface area (Å²) in [4.78, 5) is 17.1. The molecule has 0 saturated carbocycles. The number of nitrogens with zero attached hydrogens (tertiary/aromatic N) is 5. The van der Waals surface area contributed by atoms with Crippen molar-refractivity contribution in [3.05, 3.63) is 113 Å². The van der Waals surface area contributed by atoms with Crippen molar-refractivity contribution in [2.75, 3.05) is 0 Å². The van der Waals surface area contributed by atoms with Gasteiger partial charge in [0.25, 0.3) is 0 Å². The lowest BCUT2D eigenvalue weighted by Gasteiger charge is -2.12. The van der Waals surface area contributed by atoms with Crippen molar-refractivity contribution in [1.82, 2.24) is 9.97 Å². The molecule has 0 atom stereocenters. The Morgan fingerprint density at radius 3 is 1.57 bits per heavy atom. The predicted molar refractivity (Wildman–Crippen MR) is 206 cm³/mol. The van der Waals surface area contributed by atoms with Gasteiger partial charge in [-0.25, -0.2) is 14.4 Å². The van der Waals surface area contributed by atoms with Gasteiger partial charge < -0.3 is 0 Å². The minimum absolute atomic E-state index is 0.558. The zero-order valence-electron chi connectivity index (χ0n) is 23.9. The number of nitriles is 2. The minimum Gasteiger partial charge on any atom is -0.252 e. The molecule has 0 radical (unpaired) electrons. The van der Waals surface area contributed by atoms with E-state index in [2.05, 4.69) is 81.8 Å². The Bertz CT molecular complexity index is 2350. The molecule has 0 amide bonds. The maximum atomic E-state index is 9.61. The highest BCUT2D eigenvalue weighted by atomic mass is 32.1. The summed E-state index contributed by atoms with van der Waals surface area (Å²) in [6.45, 7) is 0. The third-order valence-corrected chi connectivity index (χ3v) is 13.4. The van der Waals surface area contributed by atoms with Crippen molar-refractivity contribution in [3.8, 4) is 31.6 Å². The molecular formula is C34H19N6S7+. The van der Waals surface area contributed by atoms with Gasteiger partial charge in [0.2, 0.25) is 5.71 Å². The second-order valence-electron chi connectivity index (χ2n) is 9.77. The lowest BCUT2D eigenvalue weighted by molar-refractivity contribution is -0.108. The molecule has 0 fully saturated rings. The fourth-order valence-electron chi connectivity index (χ4n) is 4.77. The summed E-state index contributed by atoms with van der Waals surface area (Å²) in [5.74, 6) is 0. The molecule has 0 spiro atoms. The molecule has 2 N–H and O–H groups in total. The Hall–Kier alpha value is -4.31. The van der Waals surface area contributed by atoms with Crippen LogP contribution < -0.4 is 5.41 Å². The maximum Gasteiger partial charge on any atom is 0.232 e. The lowest BCUT2D eigenvalue weighted by atomic mass is 9.92. The van der Waals surface area contributed by atoms with Crippen LogP contribution in [-0.2, 0) is 0 Å². The number of aromatic nitrogens is 2. The van der Waals surface area contributed by atoms with Gasteiger partial charge in [-0.1, -0.05) is 6.08 Å². The molecule has 6 aromatic rings. The second kappa shape index (κ2) is 13.8. The van der Waals surface area contributed by atoms with Crippen molar-refractivity contribution >= 4 is 127 Å². The summed E-state index contributed by atoms with van der Waals surface area (Å²) in [5, 5.41) is 31.1. The normalized spacial score (nSPS) is 14.6. The van der Waals surface area contributed by atoms with E-state index < -0.39 is 0 Å². The zero-order chi connectivity index (χ0) is 32.3. The largest absolute Gasteiger partial charge is 0.252 e. The number of hydrogen-bond donors (Lipinski definition) is 2. The van der Waals surface area contributed by atoms with Gasteiger partial charge in [0.05, 0.1) is 16.7 Å². The van der Waals surface area contributed by atoms with Gasteiger partial charge in [0, 0.05) is 67.7 Å². The van der Waals surface area contributed by atoms with E-state index in [1.807, 2.05) is 41.1 Å². The first-order valence-corrected chi connectivity index (χ1v) is 19.2. The van der Waals surface area contributed by atoms with Crippen LogP contribution in [0.4, 0.5) is 0 Å². The van der Waals surface area contributed by atoms with E-state index in [4.69, 9.17) is 5.41 Å². The fourth-order valence-corrected chi connectivity index (χ4v) is 10.4. The van der Waals surface area contributed by atoms with E-state index in [1.165, 1.54) is 22.7 Å². The number of thiol groups is 1. The molecule has 0 unspecified atom stereocenters. The van der Waals surface area contributed by atoms with Crippen molar-refractivity contribution in [2.24, 2.45) is 4.40 Å². The topological polar surface area (TPSA) is 111 Å². The van der Waals surface area contributed by atoms with Crippen molar-refractivity contribution in [3.63, 3.8) is 0 Å². The Kier molecular flexibility index (Phi) is 9.20. The van der Waals surface area contributed by atoms with Gasteiger partial charge in [0.1, 0.15) is 22.2 Å². The van der Waals surface area contributed by atoms with Crippen LogP contribution in [-0.4, -0.2) is 21.4 Å². The molecule has 1 aliphatic rings. The quantitative estimate of drug-likeness (QED) is 0.0922. The van der Waals surface area contributed by atoms with Crippen LogP contribution >= 0.6 is 80.8 Å². The standard InChI is InChI=1S/C34H18N6S7/c35-17-19(33-38-11-13-42-33)15-21-1-5-27(44-21)29-9-7-25(46-29)23-3-4-24(32(40-41)31(23)37)26-8-10-30(47-26)28-6-2-22(45-28)16-20(18-36)34-39-12-14-43-34/h1-16,37,41H/p+1/b19-15+,20-16+,37-31?,40-32?. The molecule has 0 saturated heterocycles. The van der Waals surface area contributed by atoms with Crippen molar-refractivity contribution in [1.29, 1.82) is 10.5 Å². The van der Waals surface area contributed by atoms with Crippen LogP contribution in [0.2, 0.25) is 0 Å². The summed E-state index contributed by atoms with van der Waals surface area (Å²) in [6, 6.07) is 21.1. The van der Waals surface area contributed by atoms with E-state index in [9.17, 15) is 10.5 Å². The van der Waals surface area contributed by atoms with Crippen LogP contribution in [0.5, 0.6) is 0 Å². The summed E-state index contributed by atoms with van der Waals surface area (Å²) < 4.78 is 4.32. The molecule has 13 heteroatoms. The smallest absolute Gasteiger partial charge is 0.232 e. The third kappa shape index (κ3) is 6.48. The monoisotopic (exact) mass is 735 g/mol. The Labute approximate surface area is 299 Å². The van der Waals surface area contributed by atoms with Crippen LogP contribution in [0.25, 0.3) is 54.0 Å². The van der Waals surface area contributed by atoms with Gasteiger partial charge >= 0.3 is 0 Å². The van der Waals surface area contributed by atoms with Crippen LogP contribution in [0.15, 0.2) is 88.2 Å². The summed E-state index contributed by atoms with van der Waals surface area (Å²) >= 11 is 13.8. The van der Waals surface area contributed by atoms with E-state index in [1.54, 1.807) is 57.7 Å². The number of thiophene rings is 4. The van der Waals surface area contributed by atoms with Crippen molar-refractivity contribution < 1.29 is 5.41 Å². The molecule has 0 bridgehead atoms. The highest BCUT2D eigenvalue weighted by Crippen LogP contribution is 2.41. The third-order valence-electron chi connectivity index (χ3n) is 6.94. The molecule has 6 heterocycles. The highest BCUT2D eigenvalue weighted by molar-refractivity contribution is 7.79. The lowest BCUT2D eigenvalue weighted by Crippen LogP contribution is -2.46.